The van der Waals surface area contributed by atoms with Gasteiger partial charge in [-0.1, -0.05) is 30.3 Å². The summed E-state index contributed by atoms with van der Waals surface area (Å²) in [5.74, 6) is 2.07. The summed E-state index contributed by atoms with van der Waals surface area (Å²) in [5.41, 5.74) is 3.90. The summed E-state index contributed by atoms with van der Waals surface area (Å²) >= 11 is 0. The zero-order valence-electron chi connectivity index (χ0n) is 16.0. The molecule has 0 saturated heterocycles. The van der Waals surface area contributed by atoms with Crippen LogP contribution < -0.4 is 15.4 Å². The second kappa shape index (κ2) is 8.84. The summed E-state index contributed by atoms with van der Waals surface area (Å²) in [6.07, 6.45) is 3.55. The van der Waals surface area contributed by atoms with Crippen LogP contribution in [0.3, 0.4) is 0 Å². The molecular weight excluding hydrogens is 362 g/mol. The molecule has 0 aliphatic carbocycles. The maximum atomic E-state index is 5.22. The van der Waals surface area contributed by atoms with Gasteiger partial charge < -0.3 is 15.4 Å². The van der Waals surface area contributed by atoms with E-state index in [9.17, 15) is 0 Å². The molecule has 0 unspecified atom stereocenters. The van der Waals surface area contributed by atoms with Crippen LogP contribution in [0, 0.1) is 0 Å². The Kier molecular flexibility index (Phi) is 5.62. The van der Waals surface area contributed by atoms with Gasteiger partial charge in [0.25, 0.3) is 0 Å². The van der Waals surface area contributed by atoms with Gasteiger partial charge in [-0.3, -0.25) is 4.98 Å². The molecule has 4 aromatic rings. The number of methoxy groups -OCH3 is 1. The first-order chi connectivity index (χ1) is 14.3. The zero-order chi connectivity index (χ0) is 19.9. The van der Waals surface area contributed by atoms with Gasteiger partial charge in [0.15, 0.2) is 0 Å². The van der Waals surface area contributed by atoms with Crippen molar-refractivity contribution in [3.05, 3.63) is 90.8 Å². The van der Waals surface area contributed by atoms with E-state index in [0.717, 1.165) is 28.3 Å². The minimum absolute atomic E-state index is 0.555. The summed E-state index contributed by atoms with van der Waals surface area (Å²) in [6, 6.07) is 23.6. The van der Waals surface area contributed by atoms with Crippen molar-refractivity contribution in [3.8, 4) is 17.0 Å². The van der Waals surface area contributed by atoms with Crippen LogP contribution in [0.4, 0.5) is 17.5 Å². The molecule has 2 aromatic heterocycles. The lowest BCUT2D eigenvalue weighted by Gasteiger charge is -2.12. The highest BCUT2D eigenvalue weighted by Crippen LogP contribution is 2.24. The summed E-state index contributed by atoms with van der Waals surface area (Å²) in [5, 5.41) is 6.65. The number of nitrogens with zero attached hydrogens (tertiary/aromatic N) is 3. The van der Waals surface area contributed by atoms with Crippen LogP contribution in [0.5, 0.6) is 5.75 Å². The summed E-state index contributed by atoms with van der Waals surface area (Å²) in [4.78, 5) is 13.4. The van der Waals surface area contributed by atoms with Crippen LogP contribution in [-0.2, 0) is 6.54 Å². The van der Waals surface area contributed by atoms with Crippen LogP contribution in [0.1, 0.15) is 5.56 Å². The van der Waals surface area contributed by atoms with E-state index < -0.39 is 0 Å². The molecule has 0 amide bonds. The predicted octanol–water partition coefficient (Wildman–Crippen LogP) is 4.90. The van der Waals surface area contributed by atoms with Gasteiger partial charge in [0.05, 0.1) is 12.8 Å². The molecule has 6 heteroatoms. The largest absolute Gasteiger partial charge is 0.497 e. The van der Waals surface area contributed by atoms with E-state index in [2.05, 4.69) is 25.6 Å². The van der Waals surface area contributed by atoms with Crippen molar-refractivity contribution < 1.29 is 4.74 Å². The maximum absolute atomic E-state index is 5.22. The van der Waals surface area contributed by atoms with E-state index in [1.165, 1.54) is 0 Å². The van der Waals surface area contributed by atoms with Gasteiger partial charge in [-0.05, 0) is 42.0 Å². The molecule has 0 atom stereocenters. The number of pyridine rings is 1. The second-order valence-corrected chi connectivity index (χ2v) is 6.39. The number of ether oxygens (including phenoxy) is 1. The molecule has 0 fully saturated rings. The standard InChI is InChI=1S/C23H21N5O/c1-29-20-9-7-19(8-10-20)26-22-15-21(18-5-3-2-4-6-18)27-23(28-22)25-16-17-11-13-24-14-12-17/h2-15H,16H2,1H3,(H2,25,26,27,28). The third kappa shape index (κ3) is 4.87. The number of aromatic nitrogens is 3. The Balaban J connectivity index is 1.62. The number of rotatable bonds is 7. The number of nitrogens with one attached hydrogen (secondary N) is 2. The lowest BCUT2D eigenvalue weighted by atomic mass is 10.1. The van der Waals surface area contributed by atoms with E-state index in [4.69, 9.17) is 4.74 Å². The Morgan fingerprint density at radius 3 is 2.34 bits per heavy atom. The molecule has 6 nitrogen and oxygen atoms in total. The Bertz CT molecular complexity index is 1050. The average molecular weight is 383 g/mol. The van der Waals surface area contributed by atoms with Crippen molar-refractivity contribution in [1.82, 2.24) is 15.0 Å². The topological polar surface area (TPSA) is 72.0 Å². The second-order valence-electron chi connectivity index (χ2n) is 6.39. The molecule has 0 spiro atoms. The fourth-order valence-electron chi connectivity index (χ4n) is 2.85. The van der Waals surface area contributed by atoms with Crippen LogP contribution in [0.15, 0.2) is 85.2 Å². The van der Waals surface area contributed by atoms with Crippen molar-refractivity contribution in [1.29, 1.82) is 0 Å². The Hall–Kier alpha value is -3.93. The summed E-state index contributed by atoms with van der Waals surface area (Å²) in [7, 11) is 1.65. The number of benzene rings is 2. The fraction of sp³-hybridized carbons (Fsp3) is 0.0870. The minimum atomic E-state index is 0.555. The monoisotopic (exact) mass is 383 g/mol. The van der Waals surface area contributed by atoms with E-state index in [1.54, 1.807) is 19.5 Å². The smallest absolute Gasteiger partial charge is 0.225 e. The van der Waals surface area contributed by atoms with Crippen LogP contribution >= 0.6 is 0 Å². The molecule has 144 valence electrons. The molecule has 4 rings (SSSR count). The van der Waals surface area contributed by atoms with Gasteiger partial charge in [-0.15, -0.1) is 0 Å². The van der Waals surface area contributed by atoms with Crippen molar-refractivity contribution in [2.75, 3.05) is 17.7 Å². The van der Waals surface area contributed by atoms with Crippen molar-refractivity contribution in [3.63, 3.8) is 0 Å². The van der Waals surface area contributed by atoms with Gasteiger partial charge in [-0.2, -0.15) is 4.98 Å². The third-order valence-electron chi connectivity index (χ3n) is 4.36. The van der Waals surface area contributed by atoms with Gasteiger partial charge in [0.1, 0.15) is 11.6 Å². The van der Waals surface area contributed by atoms with E-state index in [0.29, 0.717) is 18.3 Å². The average Bonchev–Trinajstić information content (AvgIpc) is 2.79. The molecule has 0 saturated carbocycles. The molecule has 2 heterocycles. The zero-order valence-corrected chi connectivity index (χ0v) is 16.0. The SMILES string of the molecule is COc1ccc(Nc2cc(-c3ccccc3)nc(NCc3ccncc3)n2)cc1. The molecule has 29 heavy (non-hydrogen) atoms. The maximum Gasteiger partial charge on any atom is 0.225 e. The quantitative estimate of drug-likeness (QED) is 0.473. The van der Waals surface area contributed by atoms with Gasteiger partial charge in [0.2, 0.25) is 5.95 Å². The first-order valence-corrected chi connectivity index (χ1v) is 9.28. The van der Waals surface area contributed by atoms with Crippen LogP contribution in [-0.4, -0.2) is 22.1 Å². The first-order valence-electron chi connectivity index (χ1n) is 9.28. The lowest BCUT2D eigenvalue weighted by molar-refractivity contribution is 0.415. The van der Waals surface area contributed by atoms with E-state index in [-0.39, 0.29) is 0 Å². The Labute approximate surface area is 169 Å². The van der Waals surface area contributed by atoms with Crippen LogP contribution in [0.25, 0.3) is 11.3 Å². The molecule has 0 radical (unpaired) electrons. The van der Waals surface area contributed by atoms with Crippen molar-refractivity contribution in [2.24, 2.45) is 0 Å². The lowest BCUT2D eigenvalue weighted by Crippen LogP contribution is -2.06. The Morgan fingerprint density at radius 2 is 1.62 bits per heavy atom. The normalized spacial score (nSPS) is 10.4. The molecule has 0 aliphatic heterocycles. The fourth-order valence-corrected chi connectivity index (χ4v) is 2.85. The van der Waals surface area contributed by atoms with Gasteiger partial charge in [0, 0.05) is 36.3 Å². The first kappa shape index (κ1) is 18.4. The molecular formula is C23H21N5O. The van der Waals surface area contributed by atoms with E-state index in [1.807, 2.05) is 72.8 Å². The molecule has 2 N–H and O–H groups in total. The predicted molar refractivity (Wildman–Crippen MR) is 115 cm³/mol. The number of hydrogen-bond acceptors (Lipinski definition) is 6. The highest BCUT2D eigenvalue weighted by molar-refractivity contribution is 5.67. The highest BCUT2D eigenvalue weighted by atomic mass is 16.5. The van der Waals surface area contributed by atoms with Crippen molar-refractivity contribution >= 4 is 17.5 Å². The third-order valence-corrected chi connectivity index (χ3v) is 4.36. The number of anilines is 3. The minimum Gasteiger partial charge on any atom is -0.497 e. The highest BCUT2D eigenvalue weighted by Gasteiger charge is 2.08. The molecule has 0 aliphatic rings. The summed E-state index contributed by atoms with van der Waals surface area (Å²) < 4.78 is 5.22. The summed E-state index contributed by atoms with van der Waals surface area (Å²) in [6.45, 7) is 0.614. The Morgan fingerprint density at radius 1 is 0.862 bits per heavy atom. The molecule has 0 bridgehead atoms. The van der Waals surface area contributed by atoms with Crippen LogP contribution in [0.2, 0.25) is 0 Å². The van der Waals surface area contributed by atoms with Gasteiger partial charge in [-0.25, -0.2) is 4.98 Å². The van der Waals surface area contributed by atoms with Gasteiger partial charge >= 0.3 is 0 Å². The molecule has 2 aromatic carbocycles. The number of hydrogen-bond donors (Lipinski definition) is 2. The van der Waals surface area contributed by atoms with E-state index >= 15 is 0 Å². The van der Waals surface area contributed by atoms with Crippen molar-refractivity contribution in [2.45, 2.75) is 6.54 Å².